The standard InChI is InChI=1S/C50H86O21/c1-9-12-18-21-31-22-19-16-14-13-15-17-20-23-33(52)67-41-36(55)32(24-51)66-50(69-42-38(57)35(54)29(7)63-48(42)65-31)45(41)71-49-44(61-25-60-27(5)11-3)43(40(30(8)64-49)68-46(59)26(4)10-2)70-47-39(58)37(56)34(53)28(6)62-47/h26,28-32,34-45,47-51,53-58H,5,9-25H2,1-4,6-8H3/t26-,28?,29?,30-,31-,32?,34-,35+,36+,37-,38?,39-,40-,41-,42-,43-,44?,45-,47?,48?,49?,50?/m0/s1. The van der Waals surface area contributed by atoms with E-state index in [0.717, 1.165) is 57.8 Å². The SMILES string of the molecule is C=C(CC)OCOC1C(O[C@@H]2C3OC(CO)[C@@H](O)[C@@H]2OC(=O)CCCCCCCCC[C@H](CCCCC)OC2OC(C)[C@@H](O)C(O)[C@@H]2O3)O[C@@H](C)[C@H](OC(=O)[C@@H](C)CC)[C@@H]1OC1OC(C)[C@H](O)[C@H](O)[C@@H]1O. The Hall–Kier alpha value is -2.16. The number of ether oxygens (including phenoxy) is 12. The minimum Gasteiger partial charge on any atom is -0.473 e. The molecule has 0 saturated carbocycles. The molecule has 0 aromatic carbocycles. The Morgan fingerprint density at radius 1 is 0.676 bits per heavy atom. The maximum Gasteiger partial charge on any atom is 0.309 e. The molecule has 9 unspecified atom stereocenters. The fourth-order valence-electron chi connectivity index (χ4n) is 9.40. The van der Waals surface area contributed by atoms with E-state index < -0.39 is 154 Å². The molecule has 0 radical (unpaired) electrons. The van der Waals surface area contributed by atoms with Gasteiger partial charge in [0.2, 0.25) is 0 Å². The summed E-state index contributed by atoms with van der Waals surface area (Å²) in [5.41, 5.74) is 0. The van der Waals surface area contributed by atoms with Gasteiger partial charge in [0.1, 0.15) is 61.0 Å². The molecule has 5 fully saturated rings. The van der Waals surface area contributed by atoms with Crippen molar-refractivity contribution in [2.75, 3.05) is 13.4 Å². The minimum atomic E-state index is -1.82. The van der Waals surface area contributed by atoms with Crippen molar-refractivity contribution in [2.24, 2.45) is 5.92 Å². The molecule has 0 aromatic rings. The van der Waals surface area contributed by atoms with Crippen LogP contribution in [0.3, 0.4) is 0 Å². The molecule has 0 aliphatic carbocycles. The van der Waals surface area contributed by atoms with Crippen LogP contribution in [0.25, 0.3) is 0 Å². The highest BCUT2D eigenvalue weighted by Gasteiger charge is 2.58. The van der Waals surface area contributed by atoms with Gasteiger partial charge in [-0.1, -0.05) is 92.1 Å². The van der Waals surface area contributed by atoms with Crippen molar-refractivity contribution in [3.8, 4) is 0 Å². The van der Waals surface area contributed by atoms with Crippen LogP contribution in [0.15, 0.2) is 12.3 Å². The quantitative estimate of drug-likeness (QED) is 0.0477. The minimum absolute atomic E-state index is 0.0239. The topological polar surface area (TPSA) is 287 Å². The normalized spacial score (nSPS) is 41.8. The van der Waals surface area contributed by atoms with Gasteiger partial charge in [-0.15, -0.1) is 0 Å². The van der Waals surface area contributed by atoms with E-state index in [2.05, 4.69) is 13.5 Å². The van der Waals surface area contributed by atoms with Gasteiger partial charge in [-0.25, -0.2) is 0 Å². The second-order valence-corrected chi connectivity index (χ2v) is 19.8. The second-order valence-electron chi connectivity index (χ2n) is 19.8. The number of hydrogen-bond acceptors (Lipinski definition) is 21. The highest BCUT2D eigenvalue weighted by atomic mass is 16.8. The number of aliphatic hydroxyl groups is 7. The summed E-state index contributed by atoms with van der Waals surface area (Å²) in [6.45, 7) is 14.6. The molecule has 5 heterocycles. The molecule has 5 aliphatic rings. The van der Waals surface area contributed by atoms with Gasteiger partial charge in [0, 0.05) is 12.8 Å². The largest absolute Gasteiger partial charge is 0.473 e. The second kappa shape index (κ2) is 29.2. The maximum atomic E-state index is 13.8. The number of esters is 2. The monoisotopic (exact) mass is 1020 g/mol. The third-order valence-electron chi connectivity index (χ3n) is 14.3. The van der Waals surface area contributed by atoms with Crippen molar-refractivity contribution in [3.05, 3.63) is 12.3 Å². The summed E-state index contributed by atoms with van der Waals surface area (Å²) >= 11 is 0. The van der Waals surface area contributed by atoms with E-state index in [9.17, 15) is 45.3 Å². The molecule has 22 atom stereocenters. The van der Waals surface area contributed by atoms with Crippen molar-refractivity contribution in [1.82, 2.24) is 0 Å². The number of hydrogen-bond donors (Lipinski definition) is 7. The van der Waals surface area contributed by atoms with E-state index >= 15 is 0 Å². The fraction of sp³-hybridized carbons (Fsp3) is 0.920. The van der Waals surface area contributed by atoms with Gasteiger partial charge in [0.05, 0.1) is 42.7 Å². The molecule has 5 rings (SSSR count). The molecule has 5 saturated heterocycles. The molecule has 0 amide bonds. The summed E-state index contributed by atoms with van der Waals surface area (Å²) < 4.78 is 75.6. The molecule has 21 heteroatoms. The van der Waals surface area contributed by atoms with Gasteiger partial charge in [0.25, 0.3) is 0 Å². The molecule has 0 aromatic heterocycles. The number of rotatable bonds is 17. The van der Waals surface area contributed by atoms with Crippen molar-refractivity contribution in [3.63, 3.8) is 0 Å². The molecule has 5 aliphatic heterocycles. The van der Waals surface area contributed by atoms with Gasteiger partial charge in [-0.05, 0) is 46.5 Å². The van der Waals surface area contributed by atoms with Crippen molar-refractivity contribution >= 4 is 11.9 Å². The summed E-state index contributed by atoms with van der Waals surface area (Å²) in [5.74, 6) is -1.58. The van der Waals surface area contributed by atoms with Crippen LogP contribution in [0.5, 0.6) is 0 Å². The van der Waals surface area contributed by atoms with Crippen LogP contribution in [0.2, 0.25) is 0 Å². The lowest BCUT2D eigenvalue weighted by Gasteiger charge is -2.50. The predicted octanol–water partition coefficient (Wildman–Crippen LogP) is 2.90. The average Bonchev–Trinajstić information content (AvgIpc) is 3.35. The molecule has 21 nitrogen and oxygen atoms in total. The number of carbonyl (C=O) groups excluding carboxylic acids is 2. The lowest BCUT2D eigenvalue weighted by molar-refractivity contribution is -0.403. The van der Waals surface area contributed by atoms with Crippen LogP contribution in [0.4, 0.5) is 0 Å². The molecule has 0 spiro atoms. The summed E-state index contributed by atoms with van der Waals surface area (Å²) in [6.07, 6.45) is -19.3. The van der Waals surface area contributed by atoms with Crippen LogP contribution >= 0.6 is 0 Å². The van der Waals surface area contributed by atoms with Crippen LogP contribution in [0, 0.1) is 5.92 Å². The van der Waals surface area contributed by atoms with Gasteiger partial charge in [-0.2, -0.15) is 0 Å². The zero-order valence-corrected chi connectivity index (χ0v) is 42.8. The van der Waals surface area contributed by atoms with Crippen molar-refractivity contribution in [2.45, 2.75) is 274 Å². The van der Waals surface area contributed by atoms with Crippen LogP contribution in [-0.4, -0.2) is 190 Å². The molecule has 7 N–H and O–H groups in total. The first kappa shape index (κ1) is 59.7. The lowest BCUT2D eigenvalue weighted by atomic mass is 9.95. The highest BCUT2D eigenvalue weighted by molar-refractivity contribution is 5.72. The van der Waals surface area contributed by atoms with E-state index in [1.165, 1.54) is 6.92 Å². The van der Waals surface area contributed by atoms with Crippen molar-refractivity contribution in [1.29, 1.82) is 0 Å². The summed E-state index contributed by atoms with van der Waals surface area (Å²) in [4.78, 5) is 27.3. The highest BCUT2D eigenvalue weighted by Crippen LogP contribution is 2.38. The summed E-state index contributed by atoms with van der Waals surface area (Å²) in [7, 11) is 0. The molecular weight excluding hydrogens is 937 g/mol. The van der Waals surface area contributed by atoms with Gasteiger partial charge < -0.3 is 92.6 Å². The zero-order chi connectivity index (χ0) is 51.9. The Morgan fingerprint density at radius 2 is 1.32 bits per heavy atom. The first-order chi connectivity index (χ1) is 33.9. The fourth-order valence-corrected chi connectivity index (χ4v) is 9.40. The van der Waals surface area contributed by atoms with E-state index in [1.807, 2.05) is 0 Å². The maximum absolute atomic E-state index is 13.8. The number of aliphatic hydroxyl groups excluding tert-OH is 7. The number of carbonyl (C=O) groups is 2. The Kier molecular flexibility index (Phi) is 24.6. The number of allylic oxidation sites excluding steroid dienone is 1. The Bertz CT molecular complexity index is 1590. The Balaban J connectivity index is 1.61. The average molecular weight is 1020 g/mol. The smallest absolute Gasteiger partial charge is 0.309 e. The molecule has 2 bridgehead atoms. The van der Waals surface area contributed by atoms with E-state index in [0.29, 0.717) is 37.9 Å². The van der Waals surface area contributed by atoms with Crippen molar-refractivity contribution < 1.29 is 102 Å². The van der Waals surface area contributed by atoms with Crippen LogP contribution in [-0.2, 0) is 66.4 Å². The first-order valence-corrected chi connectivity index (χ1v) is 26.2. The number of fused-ring (bicyclic) bond motifs is 3. The van der Waals surface area contributed by atoms with Crippen LogP contribution < -0.4 is 0 Å². The zero-order valence-electron chi connectivity index (χ0n) is 42.8. The molecule has 71 heavy (non-hydrogen) atoms. The number of unbranched alkanes of at least 4 members (excludes halogenated alkanes) is 2. The van der Waals surface area contributed by atoms with E-state index in [4.69, 9.17) is 56.8 Å². The summed E-state index contributed by atoms with van der Waals surface area (Å²) in [6, 6.07) is 0. The van der Waals surface area contributed by atoms with E-state index in [-0.39, 0.29) is 12.5 Å². The Labute approximate surface area is 418 Å². The first-order valence-electron chi connectivity index (χ1n) is 26.2. The Morgan fingerprint density at radius 3 is 2.00 bits per heavy atom. The van der Waals surface area contributed by atoms with E-state index in [1.54, 1.807) is 34.6 Å². The van der Waals surface area contributed by atoms with Gasteiger partial charge in [-0.3, -0.25) is 9.59 Å². The van der Waals surface area contributed by atoms with Gasteiger partial charge in [0.15, 0.2) is 50.3 Å². The third kappa shape index (κ3) is 16.2. The van der Waals surface area contributed by atoms with Gasteiger partial charge >= 0.3 is 11.9 Å². The molecular formula is C50H86O21. The lowest BCUT2D eigenvalue weighted by Crippen LogP contribution is -2.68. The van der Waals surface area contributed by atoms with Crippen LogP contribution in [0.1, 0.15) is 145 Å². The third-order valence-corrected chi connectivity index (χ3v) is 14.3. The summed E-state index contributed by atoms with van der Waals surface area (Å²) in [5, 5.41) is 78.2. The predicted molar refractivity (Wildman–Crippen MR) is 249 cm³/mol. The molecule has 412 valence electrons.